The molecule has 5 rings (SSSR count). The molecule has 1 N–H and O–H groups in total. The van der Waals surface area contributed by atoms with Gasteiger partial charge in [0.25, 0.3) is 5.91 Å². The number of anilines is 1. The van der Waals surface area contributed by atoms with Crippen molar-refractivity contribution in [3.8, 4) is 5.75 Å². The van der Waals surface area contributed by atoms with Gasteiger partial charge in [-0.05, 0) is 54.4 Å². The second-order valence-electron chi connectivity index (χ2n) is 8.69. The second kappa shape index (κ2) is 9.08. The highest BCUT2D eigenvalue weighted by Gasteiger charge is 2.30. The number of amides is 1. The van der Waals surface area contributed by atoms with Crippen molar-refractivity contribution in [3.05, 3.63) is 108 Å². The molecule has 0 aliphatic carbocycles. The summed E-state index contributed by atoms with van der Waals surface area (Å²) in [5.41, 5.74) is 3.85. The van der Waals surface area contributed by atoms with E-state index in [1.165, 1.54) is 16.3 Å². The molecule has 0 aromatic heterocycles. The number of ether oxygens (including phenoxy) is 1. The lowest BCUT2D eigenvalue weighted by molar-refractivity contribution is 0.0954. The molecular formula is C29H28N2O2. The first-order valence-electron chi connectivity index (χ1n) is 11.5. The number of nitrogens with zero attached hydrogens (tertiary/aromatic N) is 1. The Kier molecular flexibility index (Phi) is 5.84. The van der Waals surface area contributed by atoms with Crippen LogP contribution in [0, 0.1) is 6.92 Å². The average molecular weight is 437 g/mol. The quantitative estimate of drug-likeness (QED) is 0.423. The number of fused-ring (bicyclic) bond motifs is 2. The summed E-state index contributed by atoms with van der Waals surface area (Å²) in [6, 6.07) is 30.5. The van der Waals surface area contributed by atoms with Gasteiger partial charge in [-0.2, -0.15) is 0 Å². The van der Waals surface area contributed by atoms with E-state index in [0.29, 0.717) is 18.7 Å². The van der Waals surface area contributed by atoms with E-state index < -0.39 is 0 Å². The lowest BCUT2D eigenvalue weighted by Crippen LogP contribution is -2.48. The maximum Gasteiger partial charge on any atom is 0.258 e. The molecule has 1 aliphatic heterocycles. The number of rotatable bonds is 5. The molecule has 0 radical (unpaired) electrons. The Morgan fingerprint density at radius 2 is 1.76 bits per heavy atom. The van der Waals surface area contributed by atoms with E-state index in [2.05, 4.69) is 54.7 Å². The molecule has 0 saturated heterocycles. The van der Waals surface area contributed by atoms with Gasteiger partial charge in [0, 0.05) is 18.2 Å². The van der Waals surface area contributed by atoms with Crippen LogP contribution < -0.4 is 15.0 Å². The summed E-state index contributed by atoms with van der Waals surface area (Å²) >= 11 is 0. The zero-order chi connectivity index (χ0) is 22.8. The third kappa shape index (κ3) is 4.35. The third-order valence-electron chi connectivity index (χ3n) is 6.29. The van der Waals surface area contributed by atoms with E-state index in [4.69, 9.17) is 4.74 Å². The predicted molar refractivity (Wildman–Crippen MR) is 134 cm³/mol. The highest BCUT2D eigenvalue weighted by molar-refractivity contribution is 6.07. The first kappa shape index (κ1) is 21.2. The summed E-state index contributed by atoms with van der Waals surface area (Å²) in [6.45, 7) is 5.31. The molecule has 0 fully saturated rings. The fraction of sp³-hybridized carbons (Fsp3) is 0.207. The topological polar surface area (TPSA) is 41.6 Å². The van der Waals surface area contributed by atoms with Crippen LogP contribution in [0.5, 0.6) is 5.75 Å². The van der Waals surface area contributed by atoms with Gasteiger partial charge in [0.05, 0.1) is 12.2 Å². The number of nitrogens with one attached hydrogen (secondary N) is 1. The summed E-state index contributed by atoms with van der Waals surface area (Å²) in [5, 5.41) is 6.13. The first-order valence-corrected chi connectivity index (χ1v) is 11.5. The van der Waals surface area contributed by atoms with E-state index >= 15 is 0 Å². The van der Waals surface area contributed by atoms with E-state index in [9.17, 15) is 4.79 Å². The van der Waals surface area contributed by atoms with Gasteiger partial charge in [-0.1, -0.05) is 72.3 Å². The van der Waals surface area contributed by atoms with Crippen molar-refractivity contribution in [2.24, 2.45) is 0 Å². The Balaban J connectivity index is 1.35. The Labute approximate surface area is 194 Å². The standard InChI is InChI=1S/C29H28N2O2/c1-20-9-7-12-23(17-20)29(32)31-19-24(33-28-16-6-5-15-27(28)31)18-30-21(2)25-14-8-11-22-10-3-4-13-26(22)25/h3-17,21,24,30H,18-19H2,1-2H3/t21-,24?/m1/s1. The molecule has 33 heavy (non-hydrogen) atoms. The van der Waals surface area contributed by atoms with Crippen LogP contribution in [0.1, 0.15) is 34.5 Å². The minimum atomic E-state index is -0.147. The van der Waals surface area contributed by atoms with Crippen molar-refractivity contribution < 1.29 is 9.53 Å². The molecule has 1 amide bonds. The van der Waals surface area contributed by atoms with Crippen LogP contribution in [0.3, 0.4) is 0 Å². The van der Waals surface area contributed by atoms with Crippen molar-refractivity contribution in [1.29, 1.82) is 0 Å². The maximum atomic E-state index is 13.4. The van der Waals surface area contributed by atoms with Gasteiger partial charge >= 0.3 is 0 Å². The lowest BCUT2D eigenvalue weighted by Gasteiger charge is -2.35. The Hall–Kier alpha value is -3.63. The van der Waals surface area contributed by atoms with Crippen LogP contribution in [0.2, 0.25) is 0 Å². The predicted octanol–water partition coefficient (Wildman–Crippen LogP) is 5.91. The largest absolute Gasteiger partial charge is 0.485 e. The molecule has 166 valence electrons. The number of para-hydroxylation sites is 2. The molecule has 1 aliphatic rings. The Morgan fingerprint density at radius 1 is 1.00 bits per heavy atom. The molecule has 4 heteroatoms. The zero-order valence-corrected chi connectivity index (χ0v) is 19.0. The molecule has 1 unspecified atom stereocenters. The number of hydrogen-bond acceptors (Lipinski definition) is 3. The van der Waals surface area contributed by atoms with Crippen molar-refractivity contribution in [2.45, 2.75) is 26.0 Å². The third-order valence-corrected chi connectivity index (χ3v) is 6.29. The number of carbonyl (C=O) groups excluding carboxylic acids is 1. The van der Waals surface area contributed by atoms with Gasteiger partial charge in [0.2, 0.25) is 0 Å². The SMILES string of the molecule is Cc1cccc(C(=O)N2CC(CN[C@H](C)c3cccc4ccccc34)Oc3ccccc32)c1. The van der Waals surface area contributed by atoms with Gasteiger partial charge in [-0.3, -0.25) is 4.79 Å². The molecule has 4 nitrogen and oxygen atoms in total. The Bertz CT molecular complexity index is 1290. The van der Waals surface area contributed by atoms with E-state index in [1.807, 2.05) is 60.4 Å². The highest BCUT2D eigenvalue weighted by Crippen LogP contribution is 2.34. The molecule has 1 heterocycles. The van der Waals surface area contributed by atoms with Crippen molar-refractivity contribution in [1.82, 2.24) is 5.32 Å². The molecule has 2 atom stereocenters. The number of carbonyl (C=O) groups is 1. The first-order chi connectivity index (χ1) is 16.1. The maximum absolute atomic E-state index is 13.4. The molecule has 0 saturated carbocycles. The van der Waals surface area contributed by atoms with Crippen LogP contribution in [0.15, 0.2) is 91.0 Å². The molecule has 4 aromatic carbocycles. The minimum Gasteiger partial charge on any atom is -0.485 e. The van der Waals surface area contributed by atoms with Crippen LogP contribution >= 0.6 is 0 Å². The van der Waals surface area contributed by atoms with E-state index in [-0.39, 0.29) is 18.1 Å². The van der Waals surface area contributed by atoms with Crippen molar-refractivity contribution >= 4 is 22.4 Å². The summed E-state index contributed by atoms with van der Waals surface area (Å²) < 4.78 is 6.29. The van der Waals surface area contributed by atoms with Gasteiger partial charge in [0.15, 0.2) is 0 Å². The summed E-state index contributed by atoms with van der Waals surface area (Å²) in [4.78, 5) is 15.3. The van der Waals surface area contributed by atoms with Crippen LogP contribution in [0.4, 0.5) is 5.69 Å². The second-order valence-corrected chi connectivity index (χ2v) is 8.69. The summed E-state index contributed by atoms with van der Waals surface area (Å²) in [5.74, 6) is 0.746. The lowest BCUT2D eigenvalue weighted by atomic mass is 9.99. The summed E-state index contributed by atoms with van der Waals surface area (Å²) in [6.07, 6.45) is -0.147. The number of benzene rings is 4. The average Bonchev–Trinajstić information content (AvgIpc) is 2.86. The monoisotopic (exact) mass is 436 g/mol. The molecule has 0 spiro atoms. The van der Waals surface area contributed by atoms with Crippen LogP contribution in [-0.2, 0) is 0 Å². The number of hydrogen-bond donors (Lipinski definition) is 1. The van der Waals surface area contributed by atoms with Gasteiger partial charge in [0.1, 0.15) is 11.9 Å². The van der Waals surface area contributed by atoms with Crippen LogP contribution in [-0.4, -0.2) is 25.1 Å². The van der Waals surface area contributed by atoms with Crippen LogP contribution in [0.25, 0.3) is 10.8 Å². The van der Waals surface area contributed by atoms with Gasteiger partial charge in [-0.15, -0.1) is 0 Å². The molecule has 0 bridgehead atoms. The smallest absolute Gasteiger partial charge is 0.258 e. The van der Waals surface area contributed by atoms with Crippen molar-refractivity contribution in [2.75, 3.05) is 18.0 Å². The van der Waals surface area contributed by atoms with E-state index in [1.54, 1.807) is 0 Å². The number of aryl methyl sites for hydroxylation is 1. The minimum absolute atomic E-state index is 0.00144. The van der Waals surface area contributed by atoms with Crippen molar-refractivity contribution in [3.63, 3.8) is 0 Å². The molecule has 4 aromatic rings. The summed E-state index contributed by atoms with van der Waals surface area (Å²) in [7, 11) is 0. The normalized spacial score (nSPS) is 16.2. The van der Waals surface area contributed by atoms with Gasteiger partial charge in [-0.25, -0.2) is 0 Å². The molecular weight excluding hydrogens is 408 g/mol. The highest BCUT2D eigenvalue weighted by atomic mass is 16.5. The Morgan fingerprint density at radius 3 is 2.64 bits per heavy atom. The fourth-order valence-corrected chi connectivity index (χ4v) is 4.58. The fourth-order valence-electron chi connectivity index (χ4n) is 4.58. The zero-order valence-electron chi connectivity index (χ0n) is 19.0. The van der Waals surface area contributed by atoms with E-state index in [0.717, 1.165) is 17.0 Å². The van der Waals surface area contributed by atoms with Gasteiger partial charge < -0.3 is 15.0 Å².